The van der Waals surface area contributed by atoms with Crippen LogP contribution in [0.25, 0.3) is 0 Å². The van der Waals surface area contributed by atoms with E-state index in [0.29, 0.717) is 26.1 Å². The number of rotatable bonds is 6. The molecule has 0 aromatic rings. The second-order valence-electron chi connectivity index (χ2n) is 5.11. The Balaban J connectivity index is 2.57. The van der Waals surface area contributed by atoms with Crippen LogP contribution in [0.1, 0.15) is 33.6 Å². The van der Waals surface area contributed by atoms with Gasteiger partial charge in [-0.15, -0.1) is 0 Å². The summed E-state index contributed by atoms with van der Waals surface area (Å²) in [6.45, 7) is 6.15. The summed E-state index contributed by atoms with van der Waals surface area (Å²) in [6, 6.07) is 0. The van der Waals surface area contributed by atoms with Crippen molar-refractivity contribution >= 4 is 22.6 Å². The van der Waals surface area contributed by atoms with Crippen LogP contribution in [0.5, 0.6) is 0 Å². The van der Waals surface area contributed by atoms with Crippen LogP contribution >= 0.6 is 0 Å². The highest BCUT2D eigenvalue weighted by Gasteiger charge is 2.38. The zero-order valence-electron chi connectivity index (χ0n) is 11.8. The molecule has 0 radical (unpaired) electrons. The molecule has 1 aliphatic rings. The van der Waals surface area contributed by atoms with Crippen LogP contribution in [-0.4, -0.2) is 46.8 Å². The van der Waals surface area contributed by atoms with E-state index in [9.17, 15) is 13.8 Å². The van der Waals surface area contributed by atoms with Gasteiger partial charge in [-0.1, -0.05) is 0 Å². The van der Waals surface area contributed by atoms with Crippen molar-refractivity contribution in [2.45, 2.75) is 38.9 Å². The largest absolute Gasteiger partial charge is 0.465 e. The molecule has 1 atom stereocenters. The Hall–Kier alpha value is -0.750. The van der Waals surface area contributed by atoms with E-state index in [-0.39, 0.29) is 23.4 Å². The number of hydrogen-bond acceptors (Lipinski definition) is 5. The Labute approximate surface area is 116 Å². The molecule has 1 fully saturated rings. The summed E-state index contributed by atoms with van der Waals surface area (Å²) >= 11 is 0. The Morgan fingerprint density at radius 2 is 1.89 bits per heavy atom. The Bertz CT molecular complexity index is 358. The summed E-state index contributed by atoms with van der Waals surface area (Å²) in [7, 11) is -1.24. The SMILES string of the molecule is CCOC(=O)C(C)(C)C(=O)CS(=O)C1CCOCC1. The number of Topliss-reactive ketones (excluding diaryl/α,β-unsaturated/α-hetero) is 1. The van der Waals surface area contributed by atoms with Gasteiger partial charge < -0.3 is 9.47 Å². The third-order valence-corrected chi connectivity index (χ3v) is 5.06. The fourth-order valence-electron chi connectivity index (χ4n) is 1.79. The van der Waals surface area contributed by atoms with Crippen LogP contribution in [0.2, 0.25) is 0 Å². The molecule has 19 heavy (non-hydrogen) atoms. The molecule has 0 aromatic heterocycles. The standard InChI is InChI=1S/C13H22O5S/c1-4-18-12(15)13(2,3)11(14)9-19(16)10-5-7-17-8-6-10/h10H,4-9H2,1-3H3. The fourth-order valence-corrected chi connectivity index (χ4v) is 3.36. The summed E-state index contributed by atoms with van der Waals surface area (Å²) in [6.07, 6.45) is 1.42. The maximum Gasteiger partial charge on any atom is 0.319 e. The smallest absolute Gasteiger partial charge is 0.319 e. The van der Waals surface area contributed by atoms with E-state index in [4.69, 9.17) is 9.47 Å². The first kappa shape index (κ1) is 16.3. The van der Waals surface area contributed by atoms with Crippen LogP contribution in [0.3, 0.4) is 0 Å². The third-order valence-electron chi connectivity index (χ3n) is 3.30. The van der Waals surface area contributed by atoms with Gasteiger partial charge >= 0.3 is 5.97 Å². The Morgan fingerprint density at radius 3 is 2.42 bits per heavy atom. The van der Waals surface area contributed by atoms with E-state index in [1.807, 2.05) is 0 Å². The van der Waals surface area contributed by atoms with Crippen LogP contribution in [0, 0.1) is 5.41 Å². The topological polar surface area (TPSA) is 69.7 Å². The molecule has 0 aliphatic carbocycles. The number of hydrogen-bond donors (Lipinski definition) is 0. The summed E-state index contributed by atoms with van der Waals surface area (Å²) in [5, 5.41) is -0.00399. The average molecular weight is 290 g/mol. The molecule has 110 valence electrons. The fraction of sp³-hybridized carbons (Fsp3) is 0.846. The van der Waals surface area contributed by atoms with Gasteiger partial charge in [-0.05, 0) is 33.6 Å². The highest BCUT2D eigenvalue weighted by atomic mass is 32.2. The van der Waals surface area contributed by atoms with Crippen molar-refractivity contribution < 1.29 is 23.3 Å². The van der Waals surface area contributed by atoms with E-state index in [1.54, 1.807) is 6.92 Å². The summed E-state index contributed by atoms with van der Waals surface area (Å²) < 4.78 is 22.2. The van der Waals surface area contributed by atoms with Gasteiger partial charge in [-0.25, -0.2) is 0 Å². The lowest BCUT2D eigenvalue weighted by molar-refractivity contribution is -0.157. The zero-order valence-corrected chi connectivity index (χ0v) is 12.6. The normalized spacial score (nSPS) is 18.9. The molecule has 6 heteroatoms. The molecule has 1 heterocycles. The van der Waals surface area contributed by atoms with Crippen LogP contribution in [-0.2, 0) is 29.9 Å². The maximum absolute atomic E-state index is 12.1. The van der Waals surface area contributed by atoms with Gasteiger partial charge in [0.25, 0.3) is 0 Å². The monoisotopic (exact) mass is 290 g/mol. The minimum atomic E-state index is -1.24. The first-order chi connectivity index (χ1) is 8.89. The average Bonchev–Trinajstić information content (AvgIpc) is 2.39. The number of esters is 1. The highest BCUT2D eigenvalue weighted by Crippen LogP contribution is 2.21. The van der Waals surface area contributed by atoms with Gasteiger partial charge in [0, 0.05) is 29.3 Å². The van der Waals surface area contributed by atoms with E-state index >= 15 is 0 Å². The molecule has 0 spiro atoms. The van der Waals surface area contributed by atoms with Crippen molar-refractivity contribution in [1.82, 2.24) is 0 Å². The summed E-state index contributed by atoms with van der Waals surface area (Å²) in [5.74, 6) is -0.962. The van der Waals surface area contributed by atoms with Gasteiger partial charge in [0.2, 0.25) is 0 Å². The summed E-state index contributed by atoms with van der Waals surface area (Å²) in [5.41, 5.74) is -1.23. The van der Waals surface area contributed by atoms with Gasteiger partial charge in [0.05, 0.1) is 12.4 Å². The van der Waals surface area contributed by atoms with E-state index < -0.39 is 22.2 Å². The number of ether oxygens (including phenoxy) is 2. The molecule has 1 unspecified atom stereocenters. The Kier molecular flexibility index (Phi) is 6.13. The molecular weight excluding hydrogens is 268 g/mol. The van der Waals surface area contributed by atoms with Crippen LogP contribution in [0.15, 0.2) is 0 Å². The van der Waals surface area contributed by atoms with Gasteiger partial charge in [0.1, 0.15) is 5.41 Å². The number of ketones is 1. The minimum Gasteiger partial charge on any atom is -0.465 e. The molecule has 0 aromatic carbocycles. The van der Waals surface area contributed by atoms with E-state index in [2.05, 4.69) is 0 Å². The van der Waals surface area contributed by atoms with Crippen LogP contribution in [0.4, 0.5) is 0 Å². The molecule has 0 bridgehead atoms. The quantitative estimate of drug-likeness (QED) is 0.540. The molecular formula is C13H22O5S. The first-order valence-electron chi connectivity index (χ1n) is 6.55. The Morgan fingerprint density at radius 1 is 1.32 bits per heavy atom. The lowest BCUT2D eigenvalue weighted by Gasteiger charge is -2.24. The van der Waals surface area contributed by atoms with Crippen molar-refractivity contribution in [3.63, 3.8) is 0 Å². The van der Waals surface area contributed by atoms with Gasteiger partial charge in [0.15, 0.2) is 5.78 Å². The molecule has 5 nitrogen and oxygen atoms in total. The maximum atomic E-state index is 12.1. The molecule has 1 rings (SSSR count). The third kappa shape index (κ3) is 4.38. The van der Waals surface area contributed by atoms with Gasteiger partial charge in [-0.2, -0.15) is 0 Å². The molecule has 1 aliphatic heterocycles. The second kappa shape index (κ2) is 7.14. The zero-order chi connectivity index (χ0) is 14.5. The molecule has 0 saturated carbocycles. The highest BCUT2D eigenvalue weighted by molar-refractivity contribution is 7.86. The molecule has 0 N–H and O–H groups in total. The van der Waals surface area contributed by atoms with Crippen molar-refractivity contribution in [2.24, 2.45) is 5.41 Å². The van der Waals surface area contributed by atoms with Crippen molar-refractivity contribution in [1.29, 1.82) is 0 Å². The van der Waals surface area contributed by atoms with E-state index in [1.165, 1.54) is 13.8 Å². The van der Waals surface area contributed by atoms with Crippen LogP contribution < -0.4 is 0 Å². The first-order valence-corrected chi connectivity index (χ1v) is 7.93. The minimum absolute atomic E-state index is 0.00399. The lowest BCUT2D eigenvalue weighted by Crippen LogP contribution is -2.39. The number of carbonyl (C=O) groups is 2. The van der Waals surface area contributed by atoms with Crippen molar-refractivity contribution in [3.05, 3.63) is 0 Å². The van der Waals surface area contributed by atoms with Crippen molar-refractivity contribution in [3.8, 4) is 0 Å². The van der Waals surface area contributed by atoms with E-state index in [0.717, 1.165) is 0 Å². The van der Waals surface area contributed by atoms with Crippen molar-refractivity contribution in [2.75, 3.05) is 25.6 Å². The molecule has 1 saturated heterocycles. The summed E-state index contributed by atoms with van der Waals surface area (Å²) in [4.78, 5) is 23.8. The predicted octanol–water partition coefficient (Wildman–Crippen LogP) is 1.07. The second-order valence-corrected chi connectivity index (χ2v) is 6.82. The number of carbonyl (C=O) groups excluding carboxylic acids is 2. The predicted molar refractivity (Wildman–Crippen MR) is 72.3 cm³/mol. The van der Waals surface area contributed by atoms with Gasteiger partial charge in [-0.3, -0.25) is 13.8 Å². The molecule has 0 amide bonds. The lowest BCUT2D eigenvalue weighted by atomic mass is 9.89.